The standard InChI is InChI=1S/C47H36N4/c1-47(2)41-27-30(29-48)17-24-39(41)40-26-23-36(28-42(40)47)38-25-22-31-11-9-10-16-37(31)43(38)32-18-20-35(21-19-32)46-50-44(33-12-5-3-6-13-33)49-45(51-46)34-14-7-4-8-15-34/h3-28,44,46,50H,1-2H3,(H,49,51). The first-order chi connectivity index (χ1) is 25.0. The Labute approximate surface area is 298 Å². The largest absolute Gasteiger partial charge is 0.350 e. The van der Waals surface area contributed by atoms with Crippen LogP contribution in [0, 0.1) is 11.3 Å². The van der Waals surface area contributed by atoms with Crippen molar-refractivity contribution in [1.29, 1.82) is 5.26 Å². The minimum Gasteiger partial charge on any atom is -0.350 e. The summed E-state index contributed by atoms with van der Waals surface area (Å²) in [5, 5.41) is 19.4. The van der Waals surface area contributed by atoms with Gasteiger partial charge in [-0.05, 0) is 84.6 Å². The summed E-state index contributed by atoms with van der Waals surface area (Å²) in [5.74, 6) is 0.874. The second-order valence-electron chi connectivity index (χ2n) is 14.0. The Morgan fingerprint density at radius 3 is 2.00 bits per heavy atom. The number of nitrogens with one attached hydrogen (secondary N) is 2. The van der Waals surface area contributed by atoms with E-state index >= 15 is 0 Å². The van der Waals surface area contributed by atoms with Crippen molar-refractivity contribution in [2.75, 3.05) is 0 Å². The van der Waals surface area contributed by atoms with Gasteiger partial charge in [0, 0.05) is 11.0 Å². The molecule has 0 saturated heterocycles. The number of nitriles is 1. The van der Waals surface area contributed by atoms with Gasteiger partial charge in [-0.2, -0.15) is 5.26 Å². The molecular formula is C47H36N4. The number of hydrogen-bond acceptors (Lipinski definition) is 4. The van der Waals surface area contributed by atoms with E-state index in [1.54, 1.807) is 0 Å². The lowest BCUT2D eigenvalue weighted by Gasteiger charge is -2.32. The number of benzene rings is 7. The fourth-order valence-electron chi connectivity index (χ4n) is 7.92. The van der Waals surface area contributed by atoms with E-state index in [0.717, 1.165) is 28.1 Å². The molecule has 2 N–H and O–H groups in total. The fraction of sp³-hybridized carbons (Fsp3) is 0.106. The van der Waals surface area contributed by atoms with Gasteiger partial charge < -0.3 is 5.32 Å². The number of rotatable bonds is 5. The summed E-state index contributed by atoms with van der Waals surface area (Å²) >= 11 is 0. The lowest BCUT2D eigenvalue weighted by atomic mass is 9.80. The lowest BCUT2D eigenvalue weighted by Crippen LogP contribution is -2.44. The normalized spacial score (nSPS) is 17.2. The Morgan fingerprint density at radius 1 is 0.588 bits per heavy atom. The quantitative estimate of drug-likeness (QED) is 0.194. The molecule has 244 valence electrons. The molecule has 4 nitrogen and oxygen atoms in total. The van der Waals surface area contributed by atoms with Crippen LogP contribution in [0.1, 0.15) is 59.6 Å². The Hall–Kier alpha value is -6.28. The minimum absolute atomic E-state index is 0.0880. The molecule has 51 heavy (non-hydrogen) atoms. The third kappa shape index (κ3) is 5.31. The minimum atomic E-state index is -0.227. The van der Waals surface area contributed by atoms with Crippen LogP contribution in [-0.2, 0) is 5.41 Å². The van der Waals surface area contributed by atoms with Gasteiger partial charge in [-0.1, -0.05) is 153 Å². The summed E-state index contributed by atoms with van der Waals surface area (Å²) in [6.07, 6.45) is -0.315. The zero-order valence-corrected chi connectivity index (χ0v) is 28.6. The smallest absolute Gasteiger partial charge is 0.131 e. The van der Waals surface area contributed by atoms with Crippen LogP contribution in [-0.4, -0.2) is 5.84 Å². The maximum Gasteiger partial charge on any atom is 0.131 e. The molecule has 0 fully saturated rings. The van der Waals surface area contributed by atoms with Gasteiger partial charge in [0.1, 0.15) is 18.2 Å². The van der Waals surface area contributed by atoms with Crippen molar-refractivity contribution in [3.63, 3.8) is 0 Å². The van der Waals surface area contributed by atoms with Gasteiger partial charge in [0.05, 0.1) is 11.6 Å². The molecule has 2 aliphatic rings. The van der Waals surface area contributed by atoms with E-state index in [1.165, 1.54) is 49.7 Å². The predicted octanol–water partition coefficient (Wildman–Crippen LogP) is 10.7. The second kappa shape index (κ2) is 12.2. The Kier molecular flexibility index (Phi) is 7.38. The van der Waals surface area contributed by atoms with Crippen molar-refractivity contribution >= 4 is 16.6 Å². The summed E-state index contributed by atoms with van der Waals surface area (Å²) in [6, 6.07) is 58.2. The van der Waals surface area contributed by atoms with Gasteiger partial charge in [0.25, 0.3) is 0 Å². The molecule has 0 amide bonds. The van der Waals surface area contributed by atoms with Crippen molar-refractivity contribution in [3.05, 3.63) is 191 Å². The van der Waals surface area contributed by atoms with Crippen molar-refractivity contribution in [1.82, 2.24) is 10.6 Å². The molecule has 1 heterocycles. The van der Waals surface area contributed by atoms with Crippen LogP contribution in [0.2, 0.25) is 0 Å². The highest BCUT2D eigenvalue weighted by atomic mass is 15.3. The van der Waals surface area contributed by atoms with Crippen molar-refractivity contribution < 1.29 is 0 Å². The summed E-state index contributed by atoms with van der Waals surface area (Å²) in [7, 11) is 0. The average molecular weight is 657 g/mol. The van der Waals surface area contributed by atoms with Gasteiger partial charge in [-0.3, -0.25) is 5.32 Å². The first kappa shape index (κ1) is 30.8. The summed E-state index contributed by atoms with van der Waals surface area (Å²) in [5.41, 5.74) is 13.5. The van der Waals surface area contributed by atoms with E-state index in [4.69, 9.17) is 4.99 Å². The second-order valence-corrected chi connectivity index (χ2v) is 14.0. The molecule has 1 aliphatic carbocycles. The van der Waals surface area contributed by atoms with E-state index in [2.05, 4.69) is 170 Å². The lowest BCUT2D eigenvalue weighted by molar-refractivity contribution is 0.409. The van der Waals surface area contributed by atoms with Gasteiger partial charge >= 0.3 is 0 Å². The summed E-state index contributed by atoms with van der Waals surface area (Å²) in [4.78, 5) is 5.17. The van der Waals surface area contributed by atoms with Crippen LogP contribution < -0.4 is 10.6 Å². The van der Waals surface area contributed by atoms with E-state index in [0.29, 0.717) is 5.56 Å². The molecule has 2 unspecified atom stereocenters. The molecule has 9 rings (SSSR count). The van der Waals surface area contributed by atoms with Gasteiger partial charge in [-0.15, -0.1) is 0 Å². The molecule has 0 saturated carbocycles. The molecule has 1 aliphatic heterocycles. The highest BCUT2D eigenvalue weighted by molar-refractivity contribution is 6.04. The van der Waals surface area contributed by atoms with Crippen molar-refractivity contribution in [2.24, 2.45) is 4.99 Å². The summed E-state index contributed by atoms with van der Waals surface area (Å²) < 4.78 is 0. The number of amidine groups is 1. The predicted molar refractivity (Wildman–Crippen MR) is 208 cm³/mol. The number of nitrogens with zero attached hydrogens (tertiary/aromatic N) is 2. The third-order valence-corrected chi connectivity index (χ3v) is 10.6. The topological polar surface area (TPSA) is 60.2 Å². The molecule has 0 aromatic heterocycles. The van der Waals surface area contributed by atoms with E-state index in [1.807, 2.05) is 18.2 Å². The highest BCUT2D eigenvalue weighted by Crippen LogP contribution is 2.50. The van der Waals surface area contributed by atoms with Crippen LogP contribution in [0.15, 0.2) is 163 Å². The van der Waals surface area contributed by atoms with Crippen LogP contribution in [0.5, 0.6) is 0 Å². The molecule has 7 aromatic rings. The fourth-order valence-corrected chi connectivity index (χ4v) is 7.92. The van der Waals surface area contributed by atoms with Crippen LogP contribution in [0.3, 0.4) is 0 Å². The Balaban J connectivity index is 1.13. The SMILES string of the molecule is CC1(C)c2cc(C#N)ccc2-c2ccc(-c3ccc4ccccc4c3-c3ccc(C4N=C(c5ccccc5)NC(c5ccccc5)N4)cc3)cc21. The number of fused-ring (bicyclic) bond motifs is 4. The third-order valence-electron chi connectivity index (χ3n) is 10.6. The zero-order chi connectivity index (χ0) is 34.5. The molecule has 2 atom stereocenters. The Morgan fingerprint density at radius 2 is 1.24 bits per heavy atom. The van der Waals surface area contributed by atoms with E-state index in [9.17, 15) is 5.26 Å². The van der Waals surface area contributed by atoms with E-state index < -0.39 is 0 Å². The van der Waals surface area contributed by atoms with E-state index in [-0.39, 0.29) is 17.7 Å². The first-order valence-electron chi connectivity index (χ1n) is 17.5. The zero-order valence-electron chi connectivity index (χ0n) is 28.6. The maximum absolute atomic E-state index is 9.62. The van der Waals surface area contributed by atoms with Crippen LogP contribution in [0.25, 0.3) is 44.2 Å². The molecule has 0 spiro atoms. The highest BCUT2D eigenvalue weighted by Gasteiger charge is 2.36. The molecule has 7 aromatic carbocycles. The van der Waals surface area contributed by atoms with Gasteiger partial charge in [0.2, 0.25) is 0 Å². The molecule has 4 heteroatoms. The van der Waals surface area contributed by atoms with Crippen LogP contribution in [0.4, 0.5) is 0 Å². The van der Waals surface area contributed by atoms with Gasteiger partial charge in [0.15, 0.2) is 0 Å². The van der Waals surface area contributed by atoms with Crippen molar-refractivity contribution in [3.8, 4) is 39.4 Å². The molecular weight excluding hydrogens is 621 g/mol. The molecule has 0 radical (unpaired) electrons. The number of aliphatic imine (C=N–C) groups is 1. The first-order valence-corrected chi connectivity index (χ1v) is 17.5. The van der Waals surface area contributed by atoms with Gasteiger partial charge in [-0.25, -0.2) is 4.99 Å². The number of hydrogen-bond donors (Lipinski definition) is 2. The monoisotopic (exact) mass is 656 g/mol. The Bertz CT molecular complexity index is 2510. The molecule has 0 bridgehead atoms. The summed E-state index contributed by atoms with van der Waals surface area (Å²) in [6.45, 7) is 4.54. The average Bonchev–Trinajstić information content (AvgIpc) is 3.42. The maximum atomic E-state index is 9.62. The van der Waals surface area contributed by atoms with Crippen molar-refractivity contribution in [2.45, 2.75) is 31.6 Å². The van der Waals surface area contributed by atoms with Crippen LogP contribution >= 0.6 is 0 Å².